The Morgan fingerprint density at radius 2 is 1.57 bits per heavy atom. The molecule has 1 aromatic rings. The average molecular weight is 317 g/mol. The second-order valence-electron chi connectivity index (χ2n) is 7.20. The van der Waals surface area contributed by atoms with E-state index in [1.54, 1.807) is 45.0 Å². The quantitative estimate of drug-likeness (QED) is 0.632. The fourth-order valence-corrected chi connectivity index (χ4v) is 2.61. The SMILES string of the molecule is CC(C)C[C@H](C(=O)OC(C)(C)C)N1C(=O)c2ccccc2C1=O. The van der Waals surface area contributed by atoms with Crippen molar-refractivity contribution in [1.82, 2.24) is 4.90 Å². The third-order valence-electron chi connectivity index (χ3n) is 3.51. The average Bonchev–Trinajstić information content (AvgIpc) is 2.67. The first-order valence-corrected chi connectivity index (χ1v) is 7.81. The van der Waals surface area contributed by atoms with E-state index in [-0.39, 0.29) is 5.92 Å². The van der Waals surface area contributed by atoms with Gasteiger partial charge in [-0.15, -0.1) is 0 Å². The lowest BCUT2D eigenvalue weighted by Crippen LogP contribution is -2.48. The number of carbonyl (C=O) groups is 3. The Bertz CT molecular complexity index is 608. The zero-order valence-corrected chi connectivity index (χ0v) is 14.3. The molecule has 1 atom stereocenters. The molecule has 2 amide bonds. The highest BCUT2D eigenvalue weighted by Crippen LogP contribution is 2.28. The van der Waals surface area contributed by atoms with Crippen LogP contribution in [-0.4, -0.2) is 34.3 Å². The van der Waals surface area contributed by atoms with Crippen LogP contribution in [0.15, 0.2) is 24.3 Å². The van der Waals surface area contributed by atoms with Crippen molar-refractivity contribution in [2.24, 2.45) is 5.92 Å². The summed E-state index contributed by atoms with van der Waals surface area (Å²) in [5.41, 5.74) is 0.00923. The van der Waals surface area contributed by atoms with Crippen LogP contribution in [0.3, 0.4) is 0 Å². The van der Waals surface area contributed by atoms with E-state index in [9.17, 15) is 14.4 Å². The molecule has 1 aliphatic heterocycles. The van der Waals surface area contributed by atoms with Gasteiger partial charge in [-0.05, 0) is 45.2 Å². The van der Waals surface area contributed by atoms with Gasteiger partial charge in [0.2, 0.25) is 0 Å². The fraction of sp³-hybridized carbons (Fsp3) is 0.500. The largest absolute Gasteiger partial charge is 0.458 e. The lowest BCUT2D eigenvalue weighted by Gasteiger charge is -2.29. The molecule has 0 saturated carbocycles. The monoisotopic (exact) mass is 317 g/mol. The van der Waals surface area contributed by atoms with E-state index < -0.39 is 29.4 Å². The highest BCUT2D eigenvalue weighted by atomic mass is 16.6. The second-order valence-corrected chi connectivity index (χ2v) is 7.20. The lowest BCUT2D eigenvalue weighted by atomic mass is 10.0. The number of hydrogen-bond acceptors (Lipinski definition) is 4. The van der Waals surface area contributed by atoms with Crippen molar-refractivity contribution in [3.8, 4) is 0 Å². The van der Waals surface area contributed by atoms with Crippen molar-refractivity contribution in [3.63, 3.8) is 0 Å². The zero-order valence-electron chi connectivity index (χ0n) is 14.3. The third kappa shape index (κ3) is 3.60. The van der Waals surface area contributed by atoms with Crippen molar-refractivity contribution < 1.29 is 19.1 Å². The van der Waals surface area contributed by atoms with Crippen molar-refractivity contribution in [2.75, 3.05) is 0 Å². The van der Waals surface area contributed by atoms with Crippen LogP contribution in [0.4, 0.5) is 0 Å². The maximum Gasteiger partial charge on any atom is 0.329 e. The van der Waals surface area contributed by atoms with Gasteiger partial charge >= 0.3 is 5.97 Å². The molecule has 0 unspecified atom stereocenters. The molecule has 0 aliphatic carbocycles. The molecular weight excluding hydrogens is 294 g/mol. The van der Waals surface area contributed by atoms with E-state index in [4.69, 9.17) is 4.74 Å². The number of hydrogen-bond donors (Lipinski definition) is 0. The van der Waals surface area contributed by atoms with Gasteiger partial charge in [0.15, 0.2) is 0 Å². The van der Waals surface area contributed by atoms with Gasteiger partial charge in [-0.25, -0.2) is 4.79 Å². The van der Waals surface area contributed by atoms with Crippen LogP contribution in [0.5, 0.6) is 0 Å². The summed E-state index contributed by atoms with van der Waals surface area (Å²) >= 11 is 0. The molecule has 0 aromatic heterocycles. The number of esters is 1. The predicted molar refractivity (Wildman–Crippen MR) is 86.0 cm³/mol. The van der Waals surface area contributed by atoms with Gasteiger partial charge < -0.3 is 4.74 Å². The molecule has 2 rings (SSSR count). The van der Waals surface area contributed by atoms with Crippen LogP contribution in [-0.2, 0) is 9.53 Å². The minimum absolute atomic E-state index is 0.136. The van der Waals surface area contributed by atoms with Crippen molar-refractivity contribution in [1.29, 1.82) is 0 Å². The number of fused-ring (bicyclic) bond motifs is 1. The maximum absolute atomic E-state index is 12.6. The Hall–Kier alpha value is -2.17. The van der Waals surface area contributed by atoms with E-state index in [1.165, 1.54) is 0 Å². The normalized spacial score (nSPS) is 15.8. The van der Waals surface area contributed by atoms with Crippen LogP contribution >= 0.6 is 0 Å². The molecule has 1 aromatic carbocycles. The van der Waals surface area contributed by atoms with Crippen molar-refractivity contribution in [2.45, 2.75) is 52.7 Å². The summed E-state index contributed by atoms with van der Waals surface area (Å²) in [6.07, 6.45) is 0.375. The molecule has 5 heteroatoms. The molecule has 124 valence electrons. The molecule has 0 fully saturated rings. The molecule has 1 heterocycles. The minimum Gasteiger partial charge on any atom is -0.458 e. The summed E-state index contributed by atoms with van der Waals surface area (Å²) < 4.78 is 5.42. The summed E-state index contributed by atoms with van der Waals surface area (Å²) in [4.78, 5) is 38.8. The number of amides is 2. The predicted octanol–water partition coefficient (Wildman–Crippen LogP) is 3.04. The Morgan fingerprint density at radius 1 is 1.09 bits per heavy atom. The van der Waals surface area contributed by atoms with E-state index in [2.05, 4.69) is 0 Å². The molecule has 1 aliphatic rings. The maximum atomic E-state index is 12.6. The molecule has 23 heavy (non-hydrogen) atoms. The first-order chi connectivity index (χ1) is 10.6. The van der Waals surface area contributed by atoms with Gasteiger partial charge in [0.1, 0.15) is 11.6 Å². The van der Waals surface area contributed by atoms with Gasteiger partial charge in [-0.2, -0.15) is 0 Å². The van der Waals surface area contributed by atoms with Crippen molar-refractivity contribution in [3.05, 3.63) is 35.4 Å². The number of rotatable bonds is 4. The molecule has 0 bridgehead atoms. The Labute approximate surface area is 136 Å². The zero-order chi connectivity index (χ0) is 17.4. The van der Waals surface area contributed by atoms with Crippen LogP contribution in [0.25, 0.3) is 0 Å². The summed E-state index contributed by atoms with van der Waals surface area (Å²) in [5, 5.41) is 0. The van der Waals surface area contributed by atoms with Gasteiger partial charge in [0.25, 0.3) is 11.8 Å². The highest BCUT2D eigenvalue weighted by Gasteiger charge is 2.44. The van der Waals surface area contributed by atoms with E-state index in [0.29, 0.717) is 17.5 Å². The second kappa shape index (κ2) is 6.14. The molecule has 5 nitrogen and oxygen atoms in total. The van der Waals surface area contributed by atoms with Gasteiger partial charge in [0, 0.05) is 0 Å². The fourth-order valence-electron chi connectivity index (χ4n) is 2.61. The Balaban J connectivity index is 2.36. The van der Waals surface area contributed by atoms with Crippen molar-refractivity contribution >= 4 is 17.8 Å². The smallest absolute Gasteiger partial charge is 0.329 e. The molecule has 0 radical (unpaired) electrons. The highest BCUT2D eigenvalue weighted by molar-refractivity contribution is 6.22. The molecule has 0 spiro atoms. The van der Waals surface area contributed by atoms with Gasteiger partial charge in [-0.3, -0.25) is 14.5 Å². The number of benzene rings is 1. The van der Waals surface area contributed by atoms with Gasteiger partial charge in [0.05, 0.1) is 11.1 Å². The van der Waals surface area contributed by atoms with Gasteiger partial charge in [-0.1, -0.05) is 26.0 Å². The standard InChI is InChI=1S/C18H23NO4/c1-11(2)10-14(17(22)23-18(3,4)5)19-15(20)12-8-6-7-9-13(12)16(19)21/h6-9,11,14H,10H2,1-5H3/t14-/m1/s1. The first kappa shape index (κ1) is 17.2. The van der Waals surface area contributed by atoms with E-state index >= 15 is 0 Å². The van der Waals surface area contributed by atoms with Crippen LogP contribution < -0.4 is 0 Å². The molecule has 0 saturated heterocycles. The Morgan fingerprint density at radius 3 is 1.96 bits per heavy atom. The summed E-state index contributed by atoms with van der Waals surface area (Å²) in [5.74, 6) is -1.26. The van der Waals surface area contributed by atoms with E-state index in [0.717, 1.165) is 4.90 Å². The minimum atomic E-state index is -0.901. The Kier molecular flexibility index (Phi) is 4.59. The first-order valence-electron chi connectivity index (χ1n) is 7.81. The third-order valence-corrected chi connectivity index (χ3v) is 3.51. The summed E-state index contributed by atoms with van der Waals surface area (Å²) in [7, 11) is 0. The molecule has 0 N–H and O–H groups in total. The number of imide groups is 1. The summed E-state index contributed by atoms with van der Waals surface area (Å²) in [6, 6.07) is 5.73. The van der Waals surface area contributed by atoms with E-state index in [1.807, 2.05) is 13.8 Å². The molecular formula is C18H23NO4. The van der Waals surface area contributed by atoms with Crippen LogP contribution in [0.1, 0.15) is 61.8 Å². The number of carbonyl (C=O) groups excluding carboxylic acids is 3. The number of nitrogens with zero attached hydrogens (tertiary/aromatic N) is 1. The summed E-state index contributed by atoms with van der Waals surface area (Å²) in [6.45, 7) is 9.17. The topological polar surface area (TPSA) is 63.7 Å². The lowest BCUT2D eigenvalue weighted by molar-refractivity contribution is -0.160. The number of ether oxygens (including phenoxy) is 1. The van der Waals surface area contributed by atoms with Crippen LogP contribution in [0, 0.1) is 5.92 Å². The van der Waals surface area contributed by atoms with Crippen LogP contribution in [0.2, 0.25) is 0 Å².